The van der Waals surface area contributed by atoms with Gasteiger partial charge in [0.25, 0.3) is 0 Å². The zero-order chi connectivity index (χ0) is 20.2. The standard InChI is InChI=1S/C21H23N5O3/c1-29-19-10-6-5-7-16(19)15-20(27)24-13-11-18(12-14-24)26-21(28)25(22-23-26)17-8-3-2-4-9-17/h2-10,18H,11-15H2,1H3. The first-order valence-electron chi connectivity index (χ1n) is 9.67. The minimum atomic E-state index is -0.255. The number of para-hydroxylation sites is 2. The van der Waals surface area contributed by atoms with Crippen molar-refractivity contribution in [2.75, 3.05) is 20.2 Å². The van der Waals surface area contributed by atoms with Crippen LogP contribution in [0.3, 0.4) is 0 Å². The summed E-state index contributed by atoms with van der Waals surface area (Å²) in [7, 11) is 1.61. The zero-order valence-electron chi connectivity index (χ0n) is 16.3. The van der Waals surface area contributed by atoms with Gasteiger partial charge in [0.1, 0.15) is 5.75 Å². The number of rotatable bonds is 5. The van der Waals surface area contributed by atoms with Crippen LogP contribution in [0.25, 0.3) is 5.69 Å². The predicted octanol–water partition coefficient (Wildman–Crippen LogP) is 1.84. The van der Waals surface area contributed by atoms with Gasteiger partial charge >= 0.3 is 5.69 Å². The third-order valence-electron chi connectivity index (χ3n) is 5.30. The first-order chi connectivity index (χ1) is 14.2. The molecule has 1 aromatic heterocycles. The van der Waals surface area contributed by atoms with Gasteiger partial charge in [-0.2, -0.15) is 9.36 Å². The molecule has 1 aliphatic rings. The minimum absolute atomic E-state index is 0.0599. The molecule has 8 heteroatoms. The summed E-state index contributed by atoms with van der Waals surface area (Å²) in [5.41, 5.74) is 1.31. The van der Waals surface area contributed by atoms with Crippen molar-refractivity contribution in [2.45, 2.75) is 25.3 Å². The van der Waals surface area contributed by atoms with Crippen LogP contribution in [0.2, 0.25) is 0 Å². The maximum atomic E-state index is 12.7. The van der Waals surface area contributed by atoms with Crippen LogP contribution in [0.5, 0.6) is 5.75 Å². The van der Waals surface area contributed by atoms with E-state index in [1.165, 1.54) is 9.36 Å². The average molecular weight is 393 g/mol. The second kappa shape index (κ2) is 8.30. The molecule has 4 rings (SSSR count). The second-order valence-corrected chi connectivity index (χ2v) is 7.05. The van der Waals surface area contributed by atoms with Gasteiger partial charge in [-0.1, -0.05) is 36.4 Å². The van der Waals surface area contributed by atoms with Crippen LogP contribution in [0.4, 0.5) is 0 Å². The molecule has 3 aromatic rings. The van der Waals surface area contributed by atoms with Gasteiger partial charge in [0, 0.05) is 18.7 Å². The summed E-state index contributed by atoms with van der Waals surface area (Å²) >= 11 is 0. The molecule has 8 nitrogen and oxygen atoms in total. The number of tetrazole rings is 1. The number of benzene rings is 2. The molecule has 0 N–H and O–H groups in total. The number of ether oxygens (including phenoxy) is 1. The van der Waals surface area contributed by atoms with Gasteiger partial charge in [0.2, 0.25) is 5.91 Å². The molecule has 0 spiro atoms. The van der Waals surface area contributed by atoms with E-state index in [9.17, 15) is 9.59 Å². The Balaban J connectivity index is 1.40. The molecule has 29 heavy (non-hydrogen) atoms. The van der Waals surface area contributed by atoms with Gasteiger partial charge in [-0.3, -0.25) is 4.79 Å². The van der Waals surface area contributed by atoms with Crippen LogP contribution in [-0.4, -0.2) is 50.8 Å². The highest BCUT2D eigenvalue weighted by atomic mass is 16.5. The van der Waals surface area contributed by atoms with Crippen LogP contribution in [0.1, 0.15) is 24.4 Å². The van der Waals surface area contributed by atoms with Gasteiger partial charge in [0.05, 0.1) is 25.3 Å². The Kier molecular flexibility index (Phi) is 5.41. The van der Waals surface area contributed by atoms with E-state index in [0.29, 0.717) is 38.0 Å². The highest BCUT2D eigenvalue weighted by molar-refractivity contribution is 5.79. The summed E-state index contributed by atoms with van der Waals surface area (Å²) in [6, 6.07) is 16.7. The molecule has 0 aliphatic carbocycles. The largest absolute Gasteiger partial charge is 0.496 e. The SMILES string of the molecule is COc1ccccc1CC(=O)N1CCC(n2nnn(-c3ccccc3)c2=O)CC1. The topological polar surface area (TPSA) is 82.2 Å². The van der Waals surface area contributed by atoms with E-state index in [0.717, 1.165) is 11.3 Å². The van der Waals surface area contributed by atoms with Crippen molar-refractivity contribution in [2.24, 2.45) is 0 Å². The normalized spacial score (nSPS) is 14.7. The molecule has 150 valence electrons. The molecule has 0 atom stereocenters. The lowest BCUT2D eigenvalue weighted by molar-refractivity contribution is -0.131. The number of hydrogen-bond donors (Lipinski definition) is 0. The first-order valence-corrected chi connectivity index (χ1v) is 9.67. The Morgan fingerprint density at radius 1 is 1.03 bits per heavy atom. The lowest BCUT2D eigenvalue weighted by Crippen LogP contribution is -2.41. The average Bonchev–Trinajstić information content (AvgIpc) is 3.16. The molecule has 0 radical (unpaired) electrons. The Hall–Kier alpha value is -3.42. The van der Waals surface area contributed by atoms with Gasteiger partial charge in [-0.15, -0.1) is 0 Å². The van der Waals surface area contributed by atoms with E-state index in [2.05, 4.69) is 10.4 Å². The third kappa shape index (κ3) is 3.91. The number of carbonyl (C=O) groups excluding carboxylic acids is 1. The molecule has 1 aliphatic heterocycles. The van der Waals surface area contributed by atoms with E-state index >= 15 is 0 Å². The van der Waals surface area contributed by atoms with E-state index in [1.807, 2.05) is 59.5 Å². The van der Waals surface area contributed by atoms with Crippen LogP contribution in [0, 0.1) is 0 Å². The van der Waals surface area contributed by atoms with Crippen molar-refractivity contribution in [3.8, 4) is 11.4 Å². The summed E-state index contributed by atoms with van der Waals surface area (Å²) in [6.45, 7) is 1.17. The predicted molar refractivity (Wildman–Crippen MR) is 107 cm³/mol. The Bertz CT molecular complexity index is 1040. The van der Waals surface area contributed by atoms with Crippen LogP contribution >= 0.6 is 0 Å². The highest BCUT2D eigenvalue weighted by Gasteiger charge is 2.27. The number of nitrogens with zero attached hydrogens (tertiary/aromatic N) is 5. The molecule has 0 unspecified atom stereocenters. The number of aromatic nitrogens is 4. The van der Waals surface area contributed by atoms with Gasteiger partial charge in [-0.25, -0.2) is 4.79 Å². The van der Waals surface area contributed by atoms with E-state index in [-0.39, 0.29) is 17.6 Å². The number of likely N-dealkylation sites (tertiary alicyclic amines) is 1. The summed E-state index contributed by atoms with van der Waals surface area (Å²) in [4.78, 5) is 27.2. The Morgan fingerprint density at radius 2 is 1.72 bits per heavy atom. The monoisotopic (exact) mass is 393 g/mol. The van der Waals surface area contributed by atoms with Crippen LogP contribution in [-0.2, 0) is 11.2 Å². The van der Waals surface area contributed by atoms with E-state index in [4.69, 9.17) is 4.74 Å². The van der Waals surface area contributed by atoms with E-state index in [1.54, 1.807) is 7.11 Å². The molecule has 1 saturated heterocycles. The van der Waals surface area contributed by atoms with Crippen molar-refractivity contribution < 1.29 is 9.53 Å². The molecular formula is C21H23N5O3. The minimum Gasteiger partial charge on any atom is -0.496 e. The van der Waals surface area contributed by atoms with Gasteiger partial charge in [-0.05, 0) is 41.5 Å². The Morgan fingerprint density at radius 3 is 2.45 bits per heavy atom. The summed E-state index contributed by atoms with van der Waals surface area (Å²) < 4.78 is 8.08. The maximum absolute atomic E-state index is 12.7. The number of hydrogen-bond acceptors (Lipinski definition) is 5. The lowest BCUT2D eigenvalue weighted by Gasteiger charge is -2.31. The molecule has 1 amide bonds. The smallest absolute Gasteiger partial charge is 0.368 e. The zero-order valence-corrected chi connectivity index (χ0v) is 16.3. The third-order valence-corrected chi connectivity index (χ3v) is 5.30. The summed E-state index contributed by atoms with van der Waals surface area (Å²) in [5.74, 6) is 0.785. The first kappa shape index (κ1) is 18.9. The van der Waals surface area contributed by atoms with Gasteiger partial charge in [0.15, 0.2) is 0 Å². The molecular weight excluding hydrogens is 370 g/mol. The quantitative estimate of drug-likeness (QED) is 0.661. The molecule has 2 aromatic carbocycles. The van der Waals surface area contributed by atoms with Crippen molar-refractivity contribution in [3.63, 3.8) is 0 Å². The molecule has 0 saturated carbocycles. The fraction of sp³-hybridized carbons (Fsp3) is 0.333. The van der Waals surface area contributed by atoms with Crippen molar-refractivity contribution in [3.05, 3.63) is 70.6 Å². The summed E-state index contributed by atoms with van der Waals surface area (Å²) in [5, 5.41) is 8.09. The van der Waals surface area contributed by atoms with Crippen LogP contribution in [0.15, 0.2) is 59.4 Å². The number of methoxy groups -OCH3 is 1. The van der Waals surface area contributed by atoms with Crippen molar-refractivity contribution in [1.29, 1.82) is 0 Å². The Labute approximate surface area is 168 Å². The second-order valence-electron chi connectivity index (χ2n) is 7.05. The number of amides is 1. The fourth-order valence-electron chi connectivity index (χ4n) is 3.70. The summed E-state index contributed by atoms with van der Waals surface area (Å²) in [6.07, 6.45) is 1.65. The van der Waals surface area contributed by atoms with Crippen molar-refractivity contribution >= 4 is 5.91 Å². The van der Waals surface area contributed by atoms with Crippen molar-refractivity contribution in [1.82, 2.24) is 24.7 Å². The number of piperidine rings is 1. The van der Waals surface area contributed by atoms with E-state index < -0.39 is 0 Å². The number of carbonyl (C=O) groups is 1. The molecule has 0 bridgehead atoms. The fourth-order valence-corrected chi connectivity index (χ4v) is 3.70. The molecule has 1 fully saturated rings. The van der Waals surface area contributed by atoms with Gasteiger partial charge < -0.3 is 9.64 Å². The maximum Gasteiger partial charge on any atom is 0.368 e. The van der Waals surface area contributed by atoms with Crippen LogP contribution < -0.4 is 10.4 Å². The lowest BCUT2D eigenvalue weighted by atomic mass is 10.0. The molecule has 2 heterocycles. The highest BCUT2D eigenvalue weighted by Crippen LogP contribution is 2.23.